The molecular weight excluding hydrogens is 354 g/mol. The van der Waals surface area contributed by atoms with Crippen molar-refractivity contribution in [3.05, 3.63) is 54.0 Å². The van der Waals surface area contributed by atoms with Crippen molar-refractivity contribution < 1.29 is 9.59 Å². The van der Waals surface area contributed by atoms with Gasteiger partial charge in [-0.2, -0.15) is 5.10 Å². The van der Waals surface area contributed by atoms with E-state index in [0.29, 0.717) is 31.2 Å². The maximum atomic E-state index is 12.9. The van der Waals surface area contributed by atoms with Crippen molar-refractivity contribution >= 4 is 22.7 Å². The lowest BCUT2D eigenvalue weighted by molar-refractivity contribution is -0.119. The average molecular weight is 379 g/mol. The van der Waals surface area contributed by atoms with Crippen LogP contribution in [0.15, 0.2) is 42.6 Å². The first-order valence-electron chi connectivity index (χ1n) is 9.72. The minimum Gasteiger partial charge on any atom is -0.356 e. The van der Waals surface area contributed by atoms with Crippen LogP contribution in [0.4, 0.5) is 0 Å². The van der Waals surface area contributed by atoms with Crippen molar-refractivity contribution in [3.63, 3.8) is 0 Å². The van der Waals surface area contributed by atoms with Crippen molar-refractivity contribution in [1.82, 2.24) is 25.0 Å². The molecule has 7 heteroatoms. The molecule has 2 amide bonds. The molecule has 0 spiro atoms. The minimum absolute atomic E-state index is 0.0297. The SMILES string of the molecule is CC(=O)NCC1CCCN(C(=O)c2cc(Cn3ccc4ccccc43)[nH]n2)C1. The van der Waals surface area contributed by atoms with Gasteiger partial charge in [0.2, 0.25) is 5.91 Å². The van der Waals surface area contributed by atoms with Crippen LogP contribution in [0.2, 0.25) is 0 Å². The zero-order valence-electron chi connectivity index (χ0n) is 16.0. The number of rotatable bonds is 5. The summed E-state index contributed by atoms with van der Waals surface area (Å²) in [5.41, 5.74) is 2.50. The lowest BCUT2D eigenvalue weighted by Gasteiger charge is -2.32. The fourth-order valence-corrected chi connectivity index (χ4v) is 3.88. The summed E-state index contributed by atoms with van der Waals surface area (Å²) in [5, 5.41) is 11.3. The summed E-state index contributed by atoms with van der Waals surface area (Å²) in [5.74, 6) is 0.219. The highest BCUT2D eigenvalue weighted by Gasteiger charge is 2.26. The van der Waals surface area contributed by atoms with E-state index in [1.165, 1.54) is 12.3 Å². The van der Waals surface area contributed by atoms with Gasteiger partial charge in [-0.05, 0) is 42.3 Å². The molecule has 2 N–H and O–H groups in total. The summed E-state index contributed by atoms with van der Waals surface area (Å²) in [4.78, 5) is 25.8. The van der Waals surface area contributed by atoms with Crippen molar-refractivity contribution in [1.29, 1.82) is 0 Å². The summed E-state index contributed by atoms with van der Waals surface area (Å²) >= 11 is 0. The summed E-state index contributed by atoms with van der Waals surface area (Å²) in [6.45, 7) is 4.17. The summed E-state index contributed by atoms with van der Waals surface area (Å²) in [6.07, 6.45) is 4.02. The molecule has 0 bridgehead atoms. The van der Waals surface area contributed by atoms with Crippen LogP contribution in [0.1, 0.15) is 35.9 Å². The van der Waals surface area contributed by atoms with E-state index in [4.69, 9.17) is 0 Å². The number of aromatic amines is 1. The molecule has 2 aromatic heterocycles. The lowest BCUT2D eigenvalue weighted by atomic mass is 9.97. The van der Waals surface area contributed by atoms with Gasteiger partial charge in [-0.1, -0.05) is 18.2 Å². The number of para-hydroxylation sites is 1. The third-order valence-electron chi connectivity index (χ3n) is 5.32. The molecule has 0 aliphatic carbocycles. The third kappa shape index (κ3) is 3.93. The fourth-order valence-electron chi connectivity index (χ4n) is 3.88. The van der Waals surface area contributed by atoms with Gasteiger partial charge in [-0.15, -0.1) is 0 Å². The van der Waals surface area contributed by atoms with Gasteiger partial charge in [0.1, 0.15) is 5.69 Å². The van der Waals surface area contributed by atoms with E-state index < -0.39 is 0 Å². The van der Waals surface area contributed by atoms with Gasteiger partial charge < -0.3 is 14.8 Å². The minimum atomic E-state index is -0.0487. The number of carbonyl (C=O) groups excluding carboxylic acids is 2. The summed E-state index contributed by atoms with van der Waals surface area (Å²) in [6, 6.07) is 12.1. The number of nitrogens with zero attached hydrogens (tertiary/aromatic N) is 3. The Balaban J connectivity index is 1.42. The van der Waals surface area contributed by atoms with E-state index in [1.54, 1.807) is 0 Å². The van der Waals surface area contributed by atoms with Crippen molar-refractivity contribution in [2.75, 3.05) is 19.6 Å². The standard InChI is InChI=1S/C21H25N5O2/c1-15(27)22-12-16-5-4-9-26(13-16)21(28)19-11-18(23-24-19)14-25-10-8-17-6-2-3-7-20(17)25/h2-3,6-8,10-11,16H,4-5,9,12-14H2,1H3,(H,22,27)(H,23,24). The van der Waals surface area contributed by atoms with Crippen molar-refractivity contribution in [2.24, 2.45) is 5.92 Å². The smallest absolute Gasteiger partial charge is 0.274 e. The number of nitrogens with one attached hydrogen (secondary N) is 2. The normalized spacial score (nSPS) is 17.0. The number of carbonyl (C=O) groups is 2. The number of benzene rings is 1. The predicted molar refractivity (Wildman–Crippen MR) is 107 cm³/mol. The molecule has 1 aromatic carbocycles. The number of likely N-dealkylation sites (tertiary alicyclic amines) is 1. The van der Waals surface area contributed by atoms with E-state index in [9.17, 15) is 9.59 Å². The first kappa shape index (κ1) is 18.3. The topological polar surface area (TPSA) is 83.0 Å². The Morgan fingerprint density at radius 3 is 3.00 bits per heavy atom. The summed E-state index contributed by atoms with van der Waals surface area (Å²) in [7, 11) is 0. The van der Waals surface area contributed by atoms with Gasteiger partial charge in [0.05, 0.1) is 12.2 Å². The molecule has 1 fully saturated rings. The van der Waals surface area contributed by atoms with Gasteiger partial charge in [-0.25, -0.2) is 0 Å². The largest absolute Gasteiger partial charge is 0.356 e. The average Bonchev–Trinajstić information content (AvgIpc) is 3.34. The number of piperidine rings is 1. The molecule has 1 aliphatic rings. The molecule has 1 saturated heterocycles. The molecule has 0 saturated carbocycles. The predicted octanol–water partition coefficient (Wildman–Crippen LogP) is 2.40. The molecule has 3 heterocycles. The first-order valence-corrected chi connectivity index (χ1v) is 9.72. The van der Waals surface area contributed by atoms with Crippen LogP contribution in [0, 0.1) is 5.92 Å². The summed E-state index contributed by atoms with van der Waals surface area (Å²) < 4.78 is 2.14. The monoisotopic (exact) mass is 379 g/mol. The molecule has 4 rings (SSSR count). The van der Waals surface area contributed by atoms with Gasteiger partial charge in [0.25, 0.3) is 5.91 Å². The second-order valence-electron chi connectivity index (χ2n) is 7.48. The quantitative estimate of drug-likeness (QED) is 0.714. The van der Waals surface area contributed by atoms with E-state index in [1.807, 2.05) is 29.3 Å². The highest BCUT2D eigenvalue weighted by atomic mass is 16.2. The second-order valence-corrected chi connectivity index (χ2v) is 7.48. The molecule has 146 valence electrons. The Bertz CT molecular complexity index is 990. The Morgan fingerprint density at radius 1 is 1.29 bits per heavy atom. The molecule has 28 heavy (non-hydrogen) atoms. The molecule has 1 atom stereocenters. The Labute approximate surface area is 163 Å². The van der Waals surface area contributed by atoms with Crippen LogP contribution in [0.25, 0.3) is 10.9 Å². The Hall–Kier alpha value is -3.09. The van der Waals surface area contributed by atoms with Gasteiger partial charge in [0.15, 0.2) is 0 Å². The first-order chi connectivity index (χ1) is 13.6. The molecule has 3 aromatic rings. The number of hydrogen-bond acceptors (Lipinski definition) is 3. The van der Waals surface area contributed by atoms with Crippen LogP contribution >= 0.6 is 0 Å². The zero-order chi connectivity index (χ0) is 19.5. The number of fused-ring (bicyclic) bond motifs is 1. The van der Waals surface area contributed by atoms with Crippen LogP contribution < -0.4 is 5.32 Å². The number of amides is 2. The maximum absolute atomic E-state index is 12.9. The molecule has 0 radical (unpaired) electrons. The Morgan fingerprint density at radius 2 is 2.14 bits per heavy atom. The van der Waals surface area contributed by atoms with E-state index >= 15 is 0 Å². The van der Waals surface area contributed by atoms with Gasteiger partial charge in [-0.3, -0.25) is 14.7 Å². The zero-order valence-corrected chi connectivity index (χ0v) is 16.0. The van der Waals surface area contributed by atoms with Gasteiger partial charge in [0, 0.05) is 38.3 Å². The van der Waals surface area contributed by atoms with Crippen LogP contribution in [-0.2, 0) is 11.3 Å². The highest BCUT2D eigenvalue weighted by molar-refractivity contribution is 5.92. The molecular formula is C21H25N5O2. The highest BCUT2D eigenvalue weighted by Crippen LogP contribution is 2.19. The number of hydrogen-bond donors (Lipinski definition) is 2. The lowest BCUT2D eigenvalue weighted by Crippen LogP contribution is -2.43. The maximum Gasteiger partial charge on any atom is 0.274 e. The Kier molecular flexibility index (Phi) is 5.14. The van der Waals surface area contributed by atoms with E-state index in [-0.39, 0.29) is 11.8 Å². The van der Waals surface area contributed by atoms with Crippen LogP contribution in [0.5, 0.6) is 0 Å². The molecule has 1 unspecified atom stereocenters. The number of aromatic nitrogens is 3. The van der Waals surface area contributed by atoms with Crippen LogP contribution in [-0.4, -0.2) is 51.1 Å². The van der Waals surface area contributed by atoms with Crippen molar-refractivity contribution in [3.8, 4) is 0 Å². The van der Waals surface area contributed by atoms with E-state index in [0.717, 1.165) is 30.6 Å². The van der Waals surface area contributed by atoms with Crippen molar-refractivity contribution in [2.45, 2.75) is 26.3 Å². The molecule has 7 nitrogen and oxygen atoms in total. The van der Waals surface area contributed by atoms with Gasteiger partial charge >= 0.3 is 0 Å². The van der Waals surface area contributed by atoms with E-state index in [2.05, 4.69) is 38.3 Å². The molecule has 1 aliphatic heterocycles. The third-order valence-corrected chi connectivity index (χ3v) is 5.32. The van der Waals surface area contributed by atoms with Crippen LogP contribution in [0.3, 0.4) is 0 Å². The number of H-pyrrole nitrogens is 1. The second kappa shape index (κ2) is 7.88. The fraction of sp³-hybridized carbons (Fsp3) is 0.381.